The van der Waals surface area contributed by atoms with Crippen molar-refractivity contribution < 1.29 is 18.3 Å². The van der Waals surface area contributed by atoms with Crippen molar-refractivity contribution >= 4 is 15.9 Å². The van der Waals surface area contributed by atoms with Gasteiger partial charge in [-0.3, -0.25) is 19.3 Å². The Balaban J connectivity index is 1.53. The Kier molecular flexibility index (Phi) is 7.23. The van der Waals surface area contributed by atoms with E-state index in [-0.39, 0.29) is 36.4 Å². The molecule has 39 heavy (non-hydrogen) atoms. The average molecular weight is 545 g/mol. The molecule has 0 fully saturated rings. The van der Waals surface area contributed by atoms with Gasteiger partial charge in [-0.25, -0.2) is 8.42 Å². The van der Waals surface area contributed by atoms with Crippen LogP contribution in [0.5, 0.6) is 5.75 Å². The molecule has 4 aromatic rings. The number of amides is 1. The molecule has 2 heterocycles. The lowest BCUT2D eigenvalue weighted by Gasteiger charge is -2.44. The normalized spacial score (nSPS) is 13.7. The second kappa shape index (κ2) is 10.8. The van der Waals surface area contributed by atoms with Crippen molar-refractivity contribution in [2.75, 3.05) is 31.8 Å². The van der Waals surface area contributed by atoms with Gasteiger partial charge in [0.2, 0.25) is 15.5 Å². The van der Waals surface area contributed by atoms with Gasteiger partial charge in [0.05, 0.1) is 10.9 Å². The summed E-state index contributed by atoms with van der Waals surface area (Å²) in [5.74, 6) is -1.21. The zero-order valence-electron chi connectivity index (χ0n) is 21.3. The number of fused-ring (bicyclic) bond motifs is 1. The highest BCUT2D eigenvalue weighted by Crippen LogP contribution is 2.32. The molecule has 10 heteroatoms. The Morgan fingerprint density at radius 1 is 0.846 bits per heavy atom. The van der Waals surface area contributed by atoms with Crippen molar-refractivity contribution in [3.63, 3.8) is 0 Å². The van der Waals surface area contributed by atoms with Gasteiger partial charge in [0, 0.05) is 32.4 Å². The van der Waals surface area contributed by atoms with E-state index >= 15 is 0 Å². The van der Waals surface area contributed by atoms with Gasteiger partial charge in [-0.1, -0.05) is 78.9 Å². The number of sulfonamides is 1. The lowest BCUT2D eigenvalue weighted by atomic mass is 9.98. The number of aromatic hydroxyl groups is 1. The first-order valence-electron chi connectivity index (χ1n) is 12.4. The fourth-order valence-electron chi connectivity index (χ4n) is 4.73. The van der Waals surface area contributed by atoms with E-state index in [2.05, 4.69) is 0 Å². The van der Waals surface area contributed by atoms with Gasteiger partial charge in [0.25, 0.3) is 5.91 Å². The molecule has 0 aliphatic carbocycles. The number of rotatable bonds is 8. The van der Waals surface area contributed by atoms with Crippen LogP contribution in [-0.4, -0.2) is 60.1 Å². The van der Waals surface area contributed by atoms with E-state index in [0.29, 0.717) is 0 Å². The summed E-state index contributed by atoms with van der Waals surface area (Å²) in [5, 5.41) is 12.6. The average Bonchev–Trinajstić information content (AvgIpc) is 2.96. The zero-order chi connectivity index (χ0) is 27.6. The minimum Gasteiger partial charge on any atom is -0.502 e. The van der Waals surface area contributed by atoms with Crippen molar-refractivity contribution in [2.24, 2.45) is 0 Å². The quantitative estimate of drug-likeness (QED) is 0.366. The summed E-state index contributed by atoms with van der Waals surface area (Å²) in [6.45, 7) is 0.133. The zero-order valence-corrected chi connectivity index (χ0v) is 22.1. The largest absolute Gasteiger partial charge is 0.502 e. The number of hydrogen-bond donors (Lipinski definition) is 1. The molecule has 1 amide bonds. The number of likely N-dealkylation sites (N-methyl/N-ethyl adjacent to an activating group) is 1. The van der Waals surface area contributed by atoms with Gasteiger partial charge in [0.15, 0.2) is 11.4 Å². The van der Waals surface area contributed by atoms with Crippen LogP contribution in [0.2, 0.25) is 0 Å². The van der Waals surface area contributed by atoms with Crippen LogP contribution in [0.1, 0.15) is 27.7 Å². The second-order valence-electron chi connectivity index (χ2n) is 9.23. The lowest BCUT2D eigenvalue weighted by Crippen LogP contribution is -2.56. The predicted molar refractivity (Wildman–Crippen MR) is 147 cm³/mol. The predicted octanol–water partition coefficient (Wildman–Crippen LogP) is 3.02. The number of nitrogens with zero attached hydrogens (tertiary/aromatic N) is 4. The number of hydrogen-bond acceptors (Lipinski definition) is 6. The molecule has 5 rings (SSSR count). The van der Waals surface area contributed by atoms with Gasteiger partial charge in [-0.15, -0.1) is 0 Å². The monoisotopic (exact) mass is 544 g/mol. The van der Waals surface area contributed by atoms with E-state index in [1.807, 2.05) is 65.7 Å². The fraction of sp³-hybridized carbons (Fsp3) is 0.172. The Morgan fingerprint density at radius 3 is 1.95 bits per heavy atom. The van der Waals surface area contributed by atoms with Crippen LogP contribution in [0.4, 0.5) is 0 Å². The smallest absolute Gasteiger partial charge is 0.277 e. The van der Waals surface area contributed by atoms with Crippen molar-refractivity contribution in [1.82, 2.24) is 13.9 Å². The summed E-state index contributed by atoms with van der Waals surface area (Å²) < 4.78 is 28.8. The summed E-state index contributed by atoms with van der Waals surface area (Å²) in [7, 11) is -2.31. The van der Waals surface area contributed by atoms with Gasteiger partial charge in [0.1, 0.15) is 6.67 Å². The topological polar surface area (TPSA) is 103 Å². The highest BCUT2D eigenvalue weighted by atomic mass is 32.2. The Labute approximate surface area is 226 Å². The molecule has 0 unspecified atom stereocenters. The van der Waals surface area contributed by atoms with Crippen LogP contribution in [-0.2, 0) is 10.0 Å². The number of carbonyl (C=O) groups excluding carboxylic acids is 1. The van der Waals surface area contributed by atoms with Gasteiger partial charge in [-0.05, 0) is 23.3 Å². The third kappa shape index (κ3) is 5.04. The molecule has 9 nitrogen and oxygen atoms in total. The van der Waals surface area contributed by atoms with Crippen molar-refractivity contribution in [3.8, 4) is 5.75 Å². The highest BCUT2D eigenvalue weighted by molar-refractivity contribution is 7.89. The molecular formula is C29H28N4O5S. The summed E-state index contributed by atoms with van der Waals surface area (Å²) in [6, 6.07) is 28.3. The molecule has 1 aliphatic heterocycles. The van der Waals surface area contributed by atoms with Crippen LogP contribution in [0.15, 0.2) is 113 Å². The molecule has 1 N–H and O–H groups in total. The third-order valence-corrected chi connectivity index (χ3v) is 8.67. The van der Waals surface area contributed by atoms with Crippen LogP contribution in [0, 0.1) is 0 Å². The molecule has 3 aromatic carbocycles. The van der Waals surface area contributed by atoms with E-state index < -0.39 is 27.1 Å². The van der Waals surface area contributed by atoms with E-state index in [9.17, 15) is 23.1 Å². The maximum Gasteiger partial charge on any atom is 0.277 e. The summed E-state index contributed by atoms with van der Waals surface area (Å²) in [4.78, 5) is 27.6. The fourth-order valence-corrected chi connectivity index (χ4v) is 5.91. The second-order valence-corrected chi connectivity index (χ2v) is 11.3. The molecule has 0 atom stereocenters. The van der Waals surface area contributed by atoms with Crippen LogP contribution < -0.4 is 10.4 Å². The van der Waals surface area contributed by atoms with Crippen molar-refractivity contribution in [3.05, 3.63) is 130 Å². The molecule has 0 spiro atoms. The molecule has 1 aromatic heterocycles. The minimum atomic E-state index is -3.77. The van der Waals surface area contributed by atoms with Crippen LogP contribution in [0.3, 0.4) is 0 Å². The third-order valence-electron chi connectivity index (χ3n) is 6.80. The first kappa shape index (κ1) is 26.2. The van der Waals surface area contributed by atoms with E-state index in [1.54, 1.807) is 18.2 Å². The van der Waals surface area contributed by atoms with Crippen LogP contribution in [0.25, 0.3) is 0 Å². The first-order chi connectivity index (χ1) is 18.8. The van der Waals surface area contributed by atoms with E-state index in [0.717, 1.165) is 11.1 Å². The van der Waals surface area contributed by atoms with E-state index in [1.165, 1.54) is 45.3 Å². The van der Waals surface area contributed by atoms with Gasteiger partial charge < -0.3 is 10.0 Å². The number of benzene rings is 3. The molecule has 200 valence electrons. The standard InChI is InChI=1S/C29H28N4O5S/c1-30(39(37,38)24-15-9-4-10-16-24)19-20-31-21-33(32-18-17-25(34)28(35)27(32)29(31)36)26(22-11-5-2-6-12-22)23-13-7-3-8-14-23/h2-18,26,35H,19-21H2,1H3. The number of pyridine rings is 1. The first-order valence-corrected chi connectivity index (χ1v) is 13.8. The molecular weight excluding hydrogens is 516 g/mol. The highest BCUT2D eigenvalue weighted by Gasteiger charge is 2.36. The summed E-state index contributed by atoms with van der Waals surface area (Å²) in [5.41, 5.74) is 1.03. The van der Waals surface area contributed by atoms with E-state index in [4.69, 9.17) is 0 Å². The maximum atomic E-state index is 13.6. The van der Waals surface area contributed by atoms with Gasteiger partial charge in [-0.2, -0.15) is 4.31 Å². The van der Waals surface area contributed by atoms with Crippen molar-refractivity contribution in [2.45, 2.75) is 10.9 Å². The SMILES string of the molecule is CN(CCN1CN(C(c2ccccc2)c2ccccc2)n2ccc(=O)c(O)c2C1=O)S(=O)(=O)c1ccccc1. The number of aromatic nitrogens is 1. The number of carbonyl (C=O) groups is 1. The van der Waals surface area contributed by atoms with Crippen LogP contribution >= 0.6 is 0 Å². The minimum absolute atomic E-state index is 0.00990. The van der Waals surface area contributed by atoms with Crippen molar-refractivity contribution in [1.29, 1.82) is 0 Å². The Morgan fingerprint density at radius 2 is 1.38 bits per heavy atom. The summed E-state index contributed by atoms with van der Waals surface area (Å²) in [6.07, 6.45) is 1.48. The molecule has 0 bridgehead atoms. The molecule has 0 radical (unpaired) electrons. The van der Waals surface area contributed by atoms with Gasteiger partial charge >= 0.3 is 0 Å². The maximum absolute atomic E-state index is 13.6. The lowest BCUT2D eigenvalue weighted by molar-refractivity contribution is 0.0674. The summed E-state index contributed by atoms with van der Waals surface area (Å²) >= 11 is 0. The molecule has 1 aliphatic rings. The molecule has 0 saturated carbocycles. The molecule has 0 saturated heterocycles. The Bertz CT molecular complexity index is 1590. The Hall–Kier alpha value is -4.41.